The van der Waals surface area contributed by atoms with E-state index in [0.717, 1.165) is 6.42 Å². The fourth-order valence-corrected chi connectivity index (χ4v) is 0.659. The quantitative estimate of drug-likeness (QED) is 0.548. The number of hydrogen-bond acceptors (Lipinski definition) is 1. The van der Waals surface area contributed by atoms with Gasteiger partial charge >= 0.3 is 0 Å². The van der Waals surface area contributed by atoms with Gasteiger partial charge in [-0.25, -0.2) is 0 Å². The van der Waals surface area contributed by atoms with Gasteiger partial charge < -0.3 is 5.32 Å². The average molecular weight is 141 g/mol. The largest absolute Gasteiger partial charge is 0.333 e. The van der Waals surface area contributed by atoms with Crippen molar-refractivity contribution in [2.75, 3.05) is 0 Å². The van der Waals surface area contributed by atoms with Gasteiger partial charge in [0.2, 0.25) is 5.91 Å². The highest BCUT2D eigenvalue weighted by atomic mass is 16.1. The molecule has 0 atom stereocenters. The maximum Gasteiger partial charge on any atom is 0.224 e. The molecule has 0 saturated heterocycles. The average Bonchev–Trinajstić information content (AvgIpc) is 2.00. The second-order valence-corrected chi connectivity index (χ2v) is 2.06. The Kier molecular flexibility index (Phi) is 4.63. The lowest BCUT2D eigenvalue weighted by atomic mass is 10.1. The summed E-state index contributed by atoms with van der Waals surface area (Å²) in [4.78, 5) is 10.5. The number of hydrogen-bond donors (Lipinski definition) is 1. The van der Waals surface area contributed by atoms with Gasteiger partial charge in [-0.15, -0.1) is 0 Å². The van der Waals surface area contributed by atoms with Gasteiger partial charge in [0.25, 0.3) is 0 Å². The molecule has 0 aromatic carbocycles. The van der Waals surface area contributed by atoms with Crippen molar-refractivity contribution in [2.45, 2.75) is 33.6 Å². The molecule has 58 valence electrons. The minimum absolute atomic E-state index is 0.135. The first-order valence-corrected chi connectivity index (χ1v) is 3.74. The summed E-state index contributed by atoms with van der Waals surface area (Å²) in [5.74, 6) is 0.135. The molecule has 0 aliphatic carbocycles. The monoisotopic (exact) mass is 141 g/mol. The van der Waals surface area contributed by atoms with Gasteiger partial charge in [0.15, 0.2) is 0 Å². The fraction of sp³-hybridized carbons (Fsp3) is 0.625. The highest BCUT2D eigenvalue weighted by Crippen LogP contribution is 2.05. The van der Waals surface area contributed by atoms with E-state index in [2.05, 4.69) is 5.32 Å². The van der Waals surface area contributed by atoms with E-state index in [1.807, 2.05) is 20.8 Å². The first-order valence-electron chi connectivity index (χ1n) is 3.74. The van der Waals surface area contributed by atoms with Crippen LogP contribution in [0.3, 0.4) is 0 Å². The van der Waals surface area contributed by atoms with Crippen LogP contribution in [0.4, 0.5) is 0 Å². The number of carbonyl (C=O) groups excluding carboxylic acids is 1. The van der Waals surface area contributed by atoms with Crippen molar-refractivity contribution in [3.63, 3.8) is 0 Å². The van der Waals surface area contributed by atoms with E-state index in [1.165, 1.54) is 5.57 Å². The summed E-state index contributed by atoms with van der Waals surface area (Å²) < 4.78 is 0. The zero-order chi connectivity index (χ0) is 7.98. The van der Waals surface area contributed by atoms with E-state index in [1.54, 1.807) is 6.20 Å². The summed E-state index contributed by atoms with van der Waals surface area (Å²) in [6.07, 6.45) is 3.35. The van der Waals surface area contributed by atoms with Crippen LogP contribution in [0, 0.1) is 0 Å². The number of amides is 1. The van der Waals surface area contributed by atoms with Crippen molar-refractivity contribution in [1.82, 2.24) is 5.32 Å². The standard InChI is InChI=1S/C6H9NO.C2H6/c1-5-2-3-6(8)7-4-5;1-2/h4H,2-3H2,1H3,(H,7,8);1-2H3. The zero-order valence-corrected chi connectivity index (χ0v) is 6.90. The van der Waals surface area contributed by atoms with Crippen LogP contribution < -0.4 is 5.32 Å². The van der Waals surface area contributed by atoms with Gasteiger partial charge in [0.1, 0.15) is 0 Å². The van der Waals surface area contributed by atoms with Crippen molar-refractivity contribution in [3.8, 4) is 0 Å². The number of nitrogens with one attached hydrogen (secondary N) is 1. The van der Waals surface area contributed by atoms with Crippen LogP contribution in [0.25, 0.3) is 0 Å². The van der Waals surface area contributed by atoms with E-state index in [-0.39, 0.29) is 5.91 Å². The Morgan fingerprint density at radius 3 is 2.30 bits per heavy atom. The van der Waals surface area contributed by atoms with E-state index in [0.29, 0.717) is 6.42 Å². The first kappa shape index (κ1) is 9.21. The smallest absolute Gasteiger partial charge is 0.224 e. The second-order valence-electron chi connectivity index (χ2n) is 2.06. The van der Waals surface area contributed by atoms with E-state index >= 15 is 0 Å². The number of carbonyl (C=O) groups is 1. The molecular weight excluding hydrogens is 126 g/mol. The van der Waals surface area contributed by atoms with Crippen LogP contribution in [-0.2, 0) is 4.79 Å². The Balaban J connectivity index is 0.000000371. The molecule has 1 N–H and O–H groups in total. The van der Waals surface area contributed by atoms with E-state index < -0.39 is 0 Å². The molecule has 0 saturated carbocycles. The Labute approximate surface area is 62.3 Å². The maximum absolute atomic E-state index is 10.5. The van der Waals surface area contributed by atoms with Crippen LogP contribution in [0.15, 0.2) is 11.8 Å². The summed E-state index contributed by atoms with van der Waals surface area (Å²) in [6, 6.07) is 0. The van der Waals surface area contributed by atoms with Crippen molar-refractivity contribution in [1.29, 1.82) is 0 Å². The lowest BCUT2D eigenvalue weighted by Gasteiger charge is -2.07. The van der Waals surface area contributed by atoms with Crippen LogP contribution >= 0.6 is 0 Å². The molecule has 10 heavy (non-hydrogen) atoms. The van der Waals surface area contributed by atoms with Crippen LogP contribution in [0.2, 0.25) is 0 Å². The molecule has 1 aliphatic rings. The highest BCUT2D eigenvalue weighted by Gasteiger charge is 2.04. The number of rotatable bonds is 0. The third-order valence-electron chi connectivity index (χ3n) is 1.23. The minimum atomic E-state index is 0.135. The summed E-state index contributed by atoms with van der Waals surface area (Å²) in [5.41, 5.74) is 1.25. The van der Waals surface area contributed by atoms with E-state index in [4.69, 9.17) is 0 Å². The van der Waals surface area contributed by atoms with Crippen LogP contribution in [0.1, 0.15) is 33.6 Å². The lowest BCUT2D eigenvalue weighted by Crippen LogP contribution is -2.20. The number of allylic oxidation sites excluding steroid dienone is 1. The molecule has 0 unspecified atom stereocenters. The summed E-state index contributed by atoms with van der Waals surface area (Å²) in [7, 11) is 0. The van der Waals surface area contributed by atoms with Gasteiger partial charge in [-0.1, -0.05) is 19.4 Å². The Hall–Kier alpha value is -0.790. The van der Waals surface area contributed by atoms with Crippen LogP contribution in [0.5, 0.6) is 0 Å². The molecule has 0 bridgehead atoms. The van der Waals surface area contributed by atoms with Crippen molar-refractivity contribution < 1.29 is 4.79 Å². The molecule has 0 aromatic rings. The highest BCUT2D eigenvalue weighted by molar-refractivity contribution is 5.78. The Morgan fingerprint density at radius 2 is 2.00 bits per heavy atom. The predicted molar refractivity (Wildman–Crippen MR) is 42.5 cm³/mol. The maximum atomic E-state index is 10.5. The lowest BCUT2D eigenvalue weighted by molar-refractivity contribution is -0.120. The summed E-state index contributed by atoms with van der Waals surface area (Å²) in [5, 5.41) is 2.63. The van der Waals surface area contributed by atoms with Crippen molar-refractivity contribution in [3.05, 3.63) is 11.8 Å². The second kappa shape index (κ2) is 5.03. The van der Waals surface area contributed by atoms with Gasteiger partial charge in [0, 0.05) is 12.6 Å². The summed E-state index contributed by atoms with van der Waals surface area (Å²) >= 11 is 0. The molecule has 1 heterocycles. The molecule has 2 heteroatoms. The molecule has 1 amide bonds. The molecule has 1 aliphatic heterocycles. The molecular formula is C8H15NO. The van der Waals surface area contributed by atoms with Crippen molar-refractivity contribution in [2.24, 2.45) is 0 Å². The third kappa shape index (κ3) is 3.28. The molecule has 0 aromatic heterocycles. The fourth-order valence-electron chi connectivity index (χ4n) is 0.659. The van der Waals surface area contributed by atoms with Gasteiger partial charge in [0.05, 0.1) is 0 Å². The zero-order valence-electron chi connectivity index (χ0n) is 6.90. The van der Waals surface area contributed by atoms with Gasteiger partial charge in [-0.05, 0) is 13.3 Å². The van der Waals surface area contributed by atoms with Crippen molar-refractivity contribution >= 4 is 5.91 Å². The molecule has 0 radical (unpaired) electrons. The van der Waals surface area contributed by atoms with Gasteiger partial charge in [-0.2, -0.15) is 0 Å². The molecule has 0 spiro atoms. The Bertz CT molecular complexity index is 138. The summed E-state index contributed by atoms with van der Waals surface area (Å²) in [6.45, 7) is 6.01. The third-order valence-corrected chi connectivity index (χ3v) is 1.23. The first-order chi connectivity index (χ1) is 4.79. The Morgan fingerprint density at radius 1 is 1.40 bits per heavy atom. The SMILES string of the molecule is CC.CC1=CNC(=O)CC1. The van der Waals surface area contributed by atoms with Gasteiger partial charge in [-0.3, -0.25) is 4.79 Å². The normalized spacial score (nSPS) is 16.3. The molecule has 2 nitrogen and oxygen atoms in total. The van der Waals surface area contributed by atoms with Crippen LogP contribution in [-0.4, -0.2) is 5.91 Å². The predicted octanol–water partition coefficient (Wildman–Crippen LogP) is 1.83. The van der Waals surface area contributed by atoms with E-state index in [9.17, 15) is 4.79 Å². The topological polar surface area (TPSA) is 29.1 Å². The molecule has 1 rings (SSSR count). The minimum Gasteiger partial charge on any atom is -0.333 e. The molecule has 0 fully saturated rings.